The molecule has 2 aromatic rings. The van der Waals surface area contributed by atoms with Crippen molar-refractivity contribution in [3.63, 3.8) is 0 Å². The van der Waals surface area contributed by atoms with Crippen LogP contribution in [-0.2, 0) is 0 Å². The zero-order chi connectivity index (χ0) is 22.3. The molecule has 1 saturated heterocycles. The maximum Gasteiger partial charge on any atom is 0.437 e. The maximum absolute atomic E-state index is 13.9. The Hall–Kier alpha value is -2.98. The molecule has 0 unspecified atom stereocenters. The molecule has 3 atom stereocenters. The van der Waals surface area contributed by atoms with E-state index in [1.807, 2.05) is 0 Å². The zero-order valence-corrected chi connectivity index (χ0v) is 16.1. The van der Waals surface area contributed by atoms with Crippen LogP contribution < -0.4 is 15.4 Å². The van der Waals surface area contributed by atoms with Gasteiger partial charge < -0.3 is 25.6 Å². The van der Waals surface area contributed by atoms with Crippen molar-refractivity contribution in [1.82, 2.24) is 10.6 Å². The number of Topliss-reactive ketones (excluding diaryl/α,β-unsaturated/α-hetero) is 1. The van der Waals surface area contributed by atoms with Gasteiger partial charge in [0.25, 0.3) is 0 Å². The molecule has 2 amide bonds. The number of aromatic hydroxyl groups is 1. The van der Waals surface area contributed by atoms with Crippen molar-refractivity contribution in [3.8, 4) is 11.5 Å². The van der Waals surface area contributed by atoms with Crippen LogP contribution in [0.4, 0.5) is 18.0 Å². The van der Waals surface area contributed by atoms with Crippen LogP contribution in [0.5, 0.6) is 11.5 Å². The van der Waals surface area contributed by atoms with E-state index in [2.05, 4.69) is 5.32 Å². The Morgan fingerprint density at radius 3 is 2.40 bits per heavy atom. The highest BCUT2D eigenvalue weighted by Crippen LogP contribution is 2.45. The quantitative estimate of drug-likeness (QED) is 0.542. The molecule has 1 aliphatic heterocycles. The van der Waals surface area contributed by atoms with Gasteiger partial charge in [-0.25, -0.2) is 4.79 Å². The van der Waals surface area contributed by atoms with Gasteiger partial charge in [0, 0.05) is 10.6 Å². The molecule has 4 N–H and O–H groups in total. The Morgan fingerprint density at radius 1 is 1.20 bits per heavy atom. The predicted molar refractivity (Wildman–Crippen MR) is 99.3 cm³/mol. The summed E-state index contributed by atoms with van der Waals surface area (Å²) in [5.74, 6) is -3.68. The molecule has 11 heteroatoms. The fourth-order valence-electron chi connectivity index (χ4n) is 3.30. The van der Waals surface area contributed by atoms with Crippen molar-refractivity contribution >= 4 is 23.4 Å². The topological polar surface area (TPSA) is 108 Å². The molecule has 3 rings (SSSR count). The Morgan fingerprint density at radius 2 is 1.83 bits per heavy atom. The van der Waals surface area contributed by atoms with Crippen LogP contribution in [0.3, 0.4) is 0 Å². The van der Waals surface area contributed by atoms with E-state index >= 15 is 0 Å². The van der Waals surface area contributed by atoms with Crippen molar-refractivity contribution in [2.24, 2.45) is 5.92 Å². The van der Waals surface area contributed by atoms with Crippen molar-refractivity contribution in [1.29, 1.82) is 0 Å². The number of carbonyl (C=O) groups excluding carboxylic acids is 2. The number of urea groups is 1. The second-order valence-corrected chi connectivity index (χ2v) is 7.06. The SMILES string of the molecule is COc1cc([C@@H]2NC(=O)N[C@](O)(C(F)(F)F)[C@H]2C(=O)c2ccc(Cl)cc2)ccc1O. The molecular weight excluding hydrogens is 429 g/mol. The molecule has 1 heterocycles. The highest BCUT2D eigenvalue weighted by Gasteiger charge is 2.66. The zero-order valence-electron chi connectivity index (χ0n) is 15.3. The number of halogens is 4. The van der Waals surface area contributed by atoms with E-state index in [1.54, 1.807) is 0 Å². The van der Waals surface area contributed by atoms with Crippen LogP contribution in [0.15, 0.2) is 42.5 Å². The number of ether oxygens (including phenoxy) is 1. The number of aliphatic hydroxyl groups is 1. The minimum Gasteiger partial charge on any atom is -0.504 e. The molecule has 0 bridgehead atoms. The number of nitrogens with one attached hydrogen (secondary N) is 2. The van der Waals surface area contributed by atoms with Crippen LogP contribution in [0, 0.1) is 5.92 Å². The summed E-state index contributed by atoms with van der Waals surface area (Å²) < 4.78 is 46.5. The summed E-state index contributed by atoms with van der Waals surface area (Å²) in [6, 6.07) is 5.66. The summed E-state index contributed by atoms with van der Waals surface area (Å²) in [5, 5.41) is 24.2. The van der Waals surface area contributed by atoms with E-state index in [1.165, 1.54) is 48.8 Å². The third-order valence-corrected chi connectivity index (χ3v) is 5.03. The first-order chi connectivity index (χ1) is 14.0. The summed E-state index contributed by atoms with van der Waals surface area (Å²) in [6.07, 6.45) is -5.38. The van der Waals surface area contributed by atoms with E-state index in [9.17, 15) is 33.0 Å². The monoisotopic (exact) mass is 444 g/mol. The lowest BCUT2D eigenvalue weighted by molar-refractivity contribution is -0.287. The van der Waals surface area contributed by atoms with Crippen LogP contribution >= 0.6 is 11.6 Å². The van der Waals surface area contributed by atoms with Crippen molar-refractivity contribution in [3.05, 3.63) is 58.6 Å². The number of phenols is 1. The number of carbonyl (C=O) groups is 2. The lowest BCUT2D eigenvalue weighted by atomic mass is 9.77. The molecule has 160 valence electrons. The number of ketones is 1. The highest BCUT2D eigenvalue weighted by molar-refractivity contribution is 6.30. The molecule has 30 heavy (non-hydrogen) atoms. The first-order valence-corrected chi connectivity index (χ1v) is 8.90. The summed E-state index contributed by atoms with van der Waals surface area (Å²) in [5.41, 5.74) is -4.00. The number of amides is 2. The third kappa shape index (κ3) is 3.75. The molecule has 1 fully saturated rings. The second kappa shape index (κ2) is 7.69. The fraction of sp³-hybridized carbons (Fsp3) is 0.263. The van der Waals surface area contributed by atoms with Crippen molar-refractivity contribution in [2.75, 3.05) is 7.11 Å². The standard InChI is InChI=1S/C19H16ClF3N2O5/c1-30-13-8-10(4-7-12(13)26)15-14(16(27)9-2-5-11(20)6-3-9)18(29,19(21,22)23)25-17(28)24-15/h2-8,14-15,26,29H,1H3,(H2,24,25,28)/t14-,15+,18-/m1/s1. The Kier molecular flexibility index (Phi) is 5.57. The van der Waals surface area contributed by atoms with Gasteiger partial charge >= 0.3 is 12.2 Å². The number of phenolic OH excluding ortho intramolecular Hbond substituents is 1. The highest BCUT2D eigenvalue weighted by atomic mass is 35.5. The number of alkyl halides is 3. The van der Waals surface area contributed by atoms with Crippen molar-refractivity contribution < 1.29 is 37.7 Å². The molecule has 0 aliphatic carbocycles. The fourth-order valence-corrected chi connectivity index (χ4v) is 3.42. The van der Waals surface area contributed by atoms with Crippen LogP contribution in [0.25, 0.3) is 0 Å². The lowest BCUT2D eigenvalue weighted by Gasteiger charge is -2.45. The Bertz CT molecular complexity index is 983. The average molecular weight is 445 g/mol. The van der Waals surface area contributed by atoms with E-state index in [-0.39, 0.29) is 27.6 Å². The number of benzene rings is 2. The van der Waals surface area contributed by atoms with E-state index in [4.69, 9.17) is 16.3 Å². The van der Waals surface area contributed by atoms with E-state index < -0.39 is 35.7 Å². The van der Waals surface area contributed by atoms with Crippen LogP contribution in [-0.4, -0.2) is 41.0 Å². The number of rotatable bonds is 4. The maximum atomic E-state index is 13.9. The van der Waals surface area contributed by atoms with Gasteiger partial charge in [-0.1, -0.05) is 17.7 Å². The summed E-state index contributed by atoms with van der Waals surface area (Å²) >= 11 is 5.78. The minimum absolute atomic E-state index is 0.00879. The van der Waals surface area contributed by atoms with Gasteiger partial charge in [0.05, 0.1) is 13.2 Å². The third-order valence-electron chi connectivity index (χ3n) is 4.78. The average Bonchev–Trinajstić information content (AvgIpc) is 2.67. The molecule has 0 aromatic heterocycles. The molecule has 0 spiro atoms. The normalized spacial score (nSPS) is 24.0. The molecule has 1 aliphatic rings. The van der Waals surface area contributed by atoms with Crippen LogP contribution in [0.1, 0.15) is 22.0 Å². The molecule has 0 saturated carbocycles. The number of hydrogen-bond acceptors (Lipinski definition) is 5. The van der Waals surface area contributed by atoms with E-state index in [0.717, 1.165) is 6.07 Å². The first-order valence-electron chi connectivity index (χ1n) is 8.52. The molecular formula is C19H16ClF3N2O5. The summed E-state index contributed by atoms with van der Waals surface area (Å²) in [7, 11) is 1.22. The second-order valence-electron chi connectivity index (χ2n) is 6.62. The van der Waals surface area contributed by atoms with Crippen molar-refractivity contribution in [2.45, 2.75) is 17.9 Å². The Labute approximate surface area is 173 Å². The number of hydrogen-bond donors (Lipinski definition) is 4. The minimum atomic E-state index is -5.38. The van der Waals surface area contributed by atoms with Gasteiger partial charge in [0.15, 0.2) is 17.3 Å². The molecule has 7 nitrogen and oxygen atoms in total. The van der Waals surface area contributed by atoms with Gasteiger partial charge in [-0.2, -0.15) is 13.2 Å². The first kappa shape index (κ1) is 21.7. The van der Waals surface area contributed by atoms with Crippen LogP contribution in [0.2, 0.25) is 5.02 Å². The summed E-state index contributed by atoms with van der Waals surface area (Å²) in [4.78, 5) is 25.1. The summed E-state index contributed by atoms with van der Waals surface area (Å²) in [6.45, 7) is 0. The van der Waals surface area contributed by atoms with Gasteiger partial charge in [0.2, 0.25) is 5.72 Å². The smallest absolute Gasteiger partial charge is 0.437 e. The van der Waals surface area contributed by atoms with Gasteiger partial charge in [-0.3, -0.25) is 4.79 Å². The molecule has 2 aromatic carbocycles. The van der Waals surface area contributed by atoms with Gasteiger partial charge in [-0.05, 0) is 42.0 Å². The number of methoxy groups -OCH3 is 1. The molecule has 0 radical (unpaired) electrons. The predicted octanol–water partition coefficient (Wildman–Crippen LogP) is 3.16. The lowest BCUT2D eigenvalue weighted by Crippen LogP contribution is -2.72. The Balaban J connectivity index is 2.18. The largest absolute Gasteiger partial charge is 0.504 e. The van der Waals surface area contributed by atoms with Gasteiger partial charge in [-0.15, -0.1) is 0 Å². The van der Waals surface area contributed by atoms with E-state index in [0.29, 0.717) is 0 Å². The van der Waals surface area contributed by atoms with Gasteiger partial charge in [0.1, 0.15) is 5.92 Å².